The van der Waals surface area contributed by atoms with Gasteiger partial charge in [0.05, 0.1) is 17.9 Å². The number of nitriles is 1. The Labute approximate surface area is 108 Å². The topological polar surface area (TPSA) is 73.3 Å². The molecule has 1 saturated carbocycles. The van der Waals surface area contributed by atoms with Crippen LogP contribution in [0.4, 0.5) is 11.4 Å². The summed E-state index contributed by atoms with van der Waals surface area (Å²) in [5.74, 6) is 0. The Morgan fingerprint density at radius 1 is 1.39 bits per heavy atom. The van der Waals surface area contributed by atoms with E-state index in [-0.39, 0.29) is 6.61 Å². The predicted molar refractivity (Wildman–Crippen MR) is 72.3 cm³/mol. The number of hydrogen-bond acceptors (Lipinski definition) is 4. The molecule has 4 nitrogen and oxygen atoms in total. The van der Waals surface area contributed by atoms with Gasteiger partial charge >= 0.3 is 0 Å². The van der Waals surface area contributed by atoms with Gasteiger partial charge in [-0.3, -0.25) is 0 Å². The molecule has 0 amide bonds. The quantitative estimate of drug-likeness (QED) is 0.794. The summed E-state index contributed by atoms with van der Waals surface area (Å²) in [6, 6.07) is 8.07. The van der Waals surface area contributed by atoms with Crippen molar-refractivity contribution in [2.24, 2.45) is 0 Å². The number of hydrogen-bond donors (Lipinski definition) is 2. The maximum Gasteiger partial charge on any atom is 0.101 e. The first-order valence-electron chi connectivity index (χ1n) is 6.43. The van der Waals surface area contributed by atoms with Crippen LogP contribution in [0.15, 0.2) is 18.2 Å². The van der Waals surface area contributed by atoms with Gasteiger partial charge in [-0.1, -0.05) is 12.8 Å². The Kier molecular flexibility index (Phi) is 4.06. The lowest BCUT2D eigenvalue weighted by Gasteiger charge is -2.30. The van der Waals surface area contributed by atoms with Crippen LogP contribution in [-0.2, 0) is 0 Å². The Balaban J connectivity index is 2.25. The van der Waals surface area contributed by atoms with Crippen LogP contribution in [0, 0.1) is 11.3 Å². The van der Waals surface area contributed by atoms with E-state index in [0.717, 1.165) is 5.69 Å². The fraction of sp³-hybridized carbons (Fsp3) is 0.500. The highest BCUT2D eigenvalue weighted by Crippen LogP contribution is 2.29. The number of rotatable bonds is 4. The van der Waals surface area contributed by atoms with Gasteiger partial charge in [0.15, 0.2) is 0 Å². The first-order valence-corrected chi connectivity index (χ1v) is 6.43. The Morgan fingerprint density at radius 3 is 2.67 bits per heavy atom. The molecule has 1 fully saturated rings. The summed E-state index contributed by atoms with van der Waals surface area (Å²) in [6.07, 6.45) is 4.83. The summed E-state index contributed by atoms with van der Waals surface area (Å²) >= 11 is 0. The zero-order valence-electron chi connectivity index (χ0n) is 10.5. The standard InChI is InChI=1S/C14H19N3O/c15-10-11-5-6-13(9-14(11)16)17(7-8-18)12-3-1-2-4-12/h5-6,9,12,18H,1-4,7-8,16H2. The molecule has 1 aliphatic carbocycles. The molecule has 0 aliphatic heterocycles. The Hall–Kier alpha value is -1.73. The second-order valence-electron chi connectivity index (χ2n) is 4.74. The van der Waals surface area contributed by atoms with E-state index < -0.39 is 0 Å². The van der Waals surface area contributed by atoms with Gasteiger partial charge in [-0.15, -0.1) is 0 Å². The minimum absolute atomic E-state index is 0.135. The van der Waals surface area contributed by atoms with Crippen LogP contribution in [0.1, 0.15) is 31.2 Å². The lowest BCUT2D eigenvalue weighted by Crippen LogP contribution is -2.35. The van der Waals surface area contributed by atoms with E-state index in [1.807, 2.05) is 12.1 Å². The van der Waals surface area contributed by atoms with Crippen LogP contribution in [0.25, 0.3) is 0 Å². The number of nitrogens with two attached hydrogens (primary N) is 1. The van der Waals surface area contributed by atoms with E-state index in [9.17, 15) is 5.11 Å². The van der Waals surface area contributed by atoms with Gasteiger partial charge in [-0.25, -0.2) is 0 Å². The molecule has 0 atom stereocenters. The van der Waals surface area contributed by atoms with E-state index in [1.54, 1.807) is 6.07 Å². The lowest BCUT2D eigenvalue weighted by molar-refractivity contribution is 0.297. The number of anilines is 2. The van der Waals surface area contributed by atoms with Gasteiger partial charge in [0, 0.05) is 18.3 Å². The fourth-order valence-electron chi connectivity index (χ4n) is 2.68. The van der Waals surface area contributed by atoms with Crippen molar-refractivity contribution < 1.29 is 5.11 Å². The highest BCUT2D eigenvalue weighted by molar-refractivity contribution is 5.64. The average Bonchev–Trinajstić information content (AvgIpc) is 2.89. The number of aliphatic hydroxyl groups excluding tert-OH is 1. The average molecular weight is 245 g/mol. The summed E-state index contributed by atoms with van der Waals surface area (Å²) < 4.78 is 0. The molecule has 1 aliphatic rings. The van der Waals surface area contributed by atoms with Crippen molar-refractivity contribution in [3.63, 3.8) is 0 Å². The molecule has 0 saturated heterocycles. The monoisotopic (exact) mass is 245 g/mol. The minimum Gasteiger partial charge on any atom is -0.398 e. The van der Waals surface area contributed by atoms with Crippen LogP contribution in [0.5, 0.6) is 0 Å². The Morgan fingerprint density at radius 2 is 2.11 bits per heavy atom. The van der Waals surface area contributed by atoms with Crippen LogP contribution < -0.4 is 10.6 Å². The SMILES string of the molecule is N#Cc1ccc(N(CCO)C2CCCC2)cc1N. The largest absolute Gasteiger partial charge is 0.398 e. The van der Waals surface area contributed by atoms with E-state index in [1.165, 1.54) is 25.7 Å². The lowest BCUT2D eigenvalue weighted by atomic mass is 10.1. The smallest absolute Gasteiger partial charge is 0.101 e. The third-order valence-electron chi connectivity index (χ3n) is 3.59. The van der Waals surface area contributed by atoms with Gasteiger partial charge in [-0.05, 0) is 31.0 Å². The maximum atomic E-state index is 9.20. The molecule has 0 radical (unpaired) electrons. The summed E-state index contributed by atoms with van der Waals surface area (Å²) in [5, 5.41) is 18.1. The van der Waals surface area contributed by atoms with Crippen LogP contribution in [-0.4, -0.2) is 24.3 Å². The summed E-state index contributed by atoms with van der Waals surface area (Å²) in [6.45, 7) is 0.756. The molecule has 2 rings (SSSR count). The van der Waals surface area contributed by atoms with Gasteiger partial charge < -0.3 is 15.7 Å². The number of nitrogen functional groups attached to an aromatic ring is 1. The molecular weight excluding hydrogens is 226 g/mol. The normalized spacial score (nSPS) is 15.6. The van der Waals surface area contributed by atoms with Crippen molar-refractivity contribution in [3.8, 4) is 6.07 Å². The number of benzene rings is 1. The van der Waals surface area contributed by atoms with Crippen molar-refractivity contribution in [2.75, 3.05) is 23.8 Å². The molecule has 18 heavy (non-hydrogen) atoms. The van der Waals surface area contributed by atoms with Crippen LogP contribution in [0.2, 0.25) is 0 Å². The highest BCUT2D eigenvalue weighted by atomic mass is 16.3. The van der Waals surface area contributed by atoms with Crippen molar-refractivity contribution in [3.05, 3.63) is 23.8 Å². The van der Waals surface area contributed by atoms with Gasteiger partial charge in [0.25, 0.3) is 0 Å². The van der Waals surface area contributed by atoms with E-state index in [2.05, 4.69) is 11.0 Å². The molecule has 0 aromatic heterocycles. The van der Waals surface area contributed by atoms with Crippen molar-refractivity contribution in [1.82, 2.24) is 0 Å². The number of nitrogens with zero attached hydrogens (tertiary/aromatic N) is 2. The van der Waals surface area contributed by atoms with Crippen LogP contribution >= 0.6 is 0 Å². The van der Waals surface area contributed by atoms with Gasteiger partial charge in [0.2, 0.25) is 0 Å². The molecule has 0 spiro atoms. The zero-order valence-corrected chi connectivity index (χ0v) is 10.5. The second kappa shape index (κ2) is 5.74. The molecule has 0 heterocycles. The van der Waals surface area contributed by atoms with Gasteiger partial charge in [-0.2, -0.15) is 5.26 Å². The fourth-order valence-corrected chi connectivity index (χ4v) is 2.68. The second-order valence-corrected chi connectivity index (χ2v) is 4.74. The zero-order chi connectivity index (χ0) is 13.0. The first-order chi connectivity index (χ1) is 8.76. The van der Waals surface area contributed by atoms with E-state index in [0.29, 0.717) is 23.8 Å². The first kappa shape index (κ1) is 12.7. The molecule has 1 aromatic rings. The molecule has 96 valence electrons. The molecule has 1 aromatic carbocycles. The van der Waals surface area contributed by atoms with E-state index >= 15 is 0 Å². The minimum atomic E-state index is 0.135. The highest BCUT2D eigenvalue weighted by Gasteiger charge is 2.22. The molecular formula is C14H19N3O. The van der Waals surface area contributed by atoms with E-state index in [4.69, 9.17) is 11.0 Å². The number of aliphatic hydroxyl groups is 1. The summed E-state index contributed by atoms with van der Waals surface area (Å²) in [5.41, 5.74) is 7.88. The van der Waals surface area contributed by atoms with Gasteiger partial charge in [0.1, 0.15) is 6.07 Å². The predicted octanol–water partition coefficient (Wildman–Crippen LogP) is 1.88. The van der Waals surface area contributed by atoms with Crippen molar-refractivity contribution in [2.45, 2.75) is 31.7 Å². The molecule has 0 bridgehead atoms. The Bertz CT molecular complexity index is 447. The van der Waals surface area contributed by atoms with Crippen molar-refractivity contribution in [1.29, 1.82) is 5.26 Å². The molecule has 3 N–H and O–H groups in total. The maximum absolute atomic E-state index is 9.20. The summed E-state index contributed by atoms with van der Waals surface area (Å²) in [7, 11) is 0. The molecule has 4 heteroatoms. The van der Waals surface area contributed by atoms with Crippen molar-refractivity contribution >= 4 is 11.4 Å². The third-order valence-corrected chi connectivity index (χ3v) is 3.59. The summed E-state index contributed by atoms with van der Waals surface area (Å²) in [4.78, 5) is 2.21. The molecule has 0 unspecified atom stereocenters. The third kappa shape index (κ3) is 2.57. The van der Waals surface area contributed by atoms with Crippen LogP contribution in [0.3, 0.4) is 0 Å².